The van der Waals surface area contributed by atoms with Crippen LogP contribution in [-0.2, 0) is 30.9 Å². The van der Waals surface area contributed by atoms with Crippen LogP contribution in [0.15, 0.2) is 42.7 Å². The molecule has 0 amide bonds. The Morgan fingerprint density at radius 2 is 1.14 bits per heavy atom. The molecule has 0 aromatic carbocycles. The first-order chi connectivity index (χ1) is 20.2. The van der Waals surface area contributed by atoms with Gasteiger partial charge in [0.1, 0.15) is 13.2 Å². The van der Waals surface area contributed by atoms with Crippen molar-refractivity contribution in [2.24, 2.45) is 0 Å². The smallest absolute Gasteiger partial charge is 0.508 e. The van der Waals surface area contributed by atoms with E-state index in [-0.39, 0.29) is 6.61 Å². The monoisotopic (exact) mass is 613 g/mol. The second-order valence-corrected chi connectivity index (χ2v) is 12.4. The summed E-state index contributed by atoms with van der Waals surface area (Å²) in [5.74, 6) is 0. The van der Waals surface area contributed by atoms with Gasteiger partial charge in [-0.15, -0.1) is 0 Å². The van der Waals surface area contributed by atoms with Gasteiger partial charge in [0, 0.05) is 31.4 Å². The van der Waals surface area contributed by atoms with Crippen molar-refractivity contribution in [2.45, 2.75) is 129 Å². The highest BCUT2D eigenvalue weighted by atomic mass is 32.2. The molecule has 0 unspecified atom stereocenters. The molecule has 0 aliphatic rings. The van der Waals surface area contributed by atoms with E-state index in [1.807, 2.05) is 6.07 Å². The van der Waals surface area contributed by atoms with Gasteiger partial charge in [-0.2, -0.15) is 0 Å². The Bertz CT molecular complexity index is 854. The normalized spacial score (nSPS) is 11.0. The van der Waals surface area contributed by atoms with Crippen molar-refractivity contribution in [3.63, 3.8) is 0 Å². The van der Waals surface area contributed by atoms with Gasteiger partial charge in [0.15, 0.2) is 12.4 Å². The third-order valence-electron chi connectivity index (χ3n) is 6.65. The molecule has 0 bridgehead atoms. The van der Waals surface area contributed by atoms with Crippen LogP contribution >= 0.6 is 0 Å². The zero-order chi connectivity index (χ0) is 31.2. The molecule has 0 fully saturated rings. The fourth-order valence-electron chi connectivity index (χ4n) is 4.35. The SMILES string of the molecule is C=C(COCCCCCC[n+]1ccccc1)COC(=O)OCCCCCCCCCCCCCCCC.CS(=O)(=O)[O-]. The molecule has 0 saturated heterocycles. The summed E-state index contributed by atoms with van der Waals surface area (Å²) in [4.78, 5) is 11.7. The molecule has 0 radical (unpaired) electrons. The number of hydrogen-bond acceptors (Lipinski definition) is 7. The Morgan fingerprint density at radius 1 is 0.690 bits per heavy atom. The summed E-state index contributed by atoms with van der Waals surface area (Å²) in [5.41, 5.74) is 0.758. The molecule has 0 aliphatic carbocycles. The Balaban J connectivity index is 0.00000308. The molecule has 0 saturated carbocycles. The van der Waals surface area contributed by atoms with Gasteiger partial charge in [0.05, 0.1) is 23.3 Å². The quantitative estimate of drug-likeness (QED) is 0.0344. The highest BCUT2D eigenvalue weighted by Crippen LogP contribution is 2.13. The van der Waals surface area contributed by atoms with Crippen LogP contribution in [0, 0.1) is 0 Å². The number of carbonyl (C=O) groups is 1. The van der Waals surface area contributed by atoms with Gasteiger partial charge in [-0.25, -0.2) is 17.8 Å². The number of rotatable bonds is 26. The lowest BCUT2D eigenvalue weighted by atomic mass is 10.0. The van der Waals surface area contributed by atoms with Gasteiger partial charge in [0.2, 0.25) is 0 Å². The molecular formula is C33H59NO7S. The number of aryl methyl sites for hydroxylation is 1. The average Bonchev–Trinajstić information content (AvgIpc) is 2.95. The van der Waals surface area contributed by atoms with Crippen LogP contribution in [0.5, 0.6) is 0 Å². The van der Waals surface area contributed by atoms with Gasteiger partial charge in [-0.05, 0) is 24.8 Å². The van der Waals surface area contributed by atoms with E-state index in [1.54, 1.807) is 0 Å². The van der Waals surface area contributed by atoms with Crippen LogP contribution in [0.3, 0.4) is 0 Å². The maximum atomic E-state index is 11.7. The number of aromatic nitrogens is 1. The van der Waals surface area contributed by atoms with Crippen LogP contribution in [0.4, 0.5) is 4.79 Å². The largest absolute Gasteiger partial charge is 0.748 e. The van der Waals surface area contributed by atoms with Crippen molar-refractivity contribution in [3.8, 4) is 0 Å². The fourth-order valence-corrected chi connectivity index (χ4v) is 4.35. The first kappa shape index (κ1) is 40.0. The lowest BCUT2D eigenvalue weighted by molar-refractivity contribution is -0.697. The van der Waals surface area contributed by atoms with E-state index in [0.717, 1.165) is 37.8 Å². The molecule has 0 atom stereocenters. The minimum Gasteiger partial charge on any atom is -0.748 e. The second-order valence-electron chi connectivity index (χ2n) is 11.0. The Morgan fingerprint density at radius 3 is 1.67 bits per heavy atom. The number of hydrogen-bond donors (Lipinski definition) is 0. The van der Waals surface area contributed by atoms with Crippen LogP contribution in [0.25, 0.3) is 0 Å². The molecule has 1 aromatic rings. The third kappa shape index (κ3) is 34.2. The predicted molar refractivity (Wildman–Crippen MR) is 168 cm³/mol. The van der Waals surface area contributed by atoms with E-state index < -0.39 is 16.3 Å². The van der Waals surface area contributed by atoms with Crippen molar-refractivity contribution in [1.82, 2.24) is 0 Å². The summed E-state index contributed by atoms with van der Waals surface area (Å²) in [6, 6.07) is 6.16. The zero-order valence-corrected chi connectivity index (χ0v) is 27.4. The number of ether oxygens (including phenoxy) is 3. The van der Waals surface area contributed by atoms with Gasteiger partial charge in [-0.3, -0.25) is 0 Å². The number of nitrogens with zero attached hydrogens (tertiary/aromatic N) is 1. The molecule has 1 aromatic heterocycles. The summed E-state index contributed by atoms with van der Waals surface area (Å²) >= 11 is 0. The number of carbonyl (C=O) groups excluding carboxylic acids is 1. The molecule has 1 rings (SSSR count). The van der Waals surface area contributed by atoms with Crippen molar-refractivity contribution in [2.75, 3.05) is 32.7 Å². The summed E-state index contributed by atoms with van der Waals surface area (Å²) in [7, 11) is -3.92. The molecular weight excluding hydrogens is 554 g/mol. The highest BCUT2D eigenvalue weighted by Gasteiger charge is 2.05. The second kappa shape index (κ2) is 29.1. The lowest BCUT2D eigenvalue weighted by Gasteiger charge is -2.09. The fraction of sp³-hybridized carbons (Fsp3) is 0.758. The van der Waals surface area contributed by atoms with E-state index in [2.05, 4.69) is 42.6 Å². The third-order valence-corrected chi connectivity index (χ3v) is 6.65. The van der Waals surface area contributed by atoms with E-state index in [9.17, 15) is 4.79 Å². The molecule has 0 spiro atoms. The zero-order valence-electron chi connectivity index (χ0n) is 26.6. The minimum absolute atomic E-state index is 0.159. The Hall–Kier alpha value is -1.97. The highest BCUT2D eigenvalue weighted by molar-refractivity contribution is 7.84. The molecule has 9 heteroatoms. The number of unbranched alkanes of at least 4 members (excludes halogenated alkanes) is 16. The van der Waals surface area contributed by atoms with E-state index in [1.165, 1.54) is 89.9 Å². The number of pyridine rings is 1. The standard InChI is InChI=1S/C32H56NO4.CH4O3S/c1-3-4-5-6-7-8-9-10-11-12-13-14-16-23-28-36-32(34)37-30-31(2)29-35-27-22-17-15-19-24-33-25-20-18-21-26-33;1-5(2,3)4/h18,20-21,25-26H,2-17,19,22-24,27-30H2,1H3;1H3,(H,2,3,4)/q+1;/p-1. The van der Waals surface area contributed by atoms with Crippen LogP contribution in [0.1, 0.15) is 122 Å². The summed E-state index contributed by atoms with van der Waals surface area (Å²) in [6.45, 7) is 8.98. The van der Waals surface area contributed by atoms with Crippen molar-refractivity contribution >= 4 is 16.3 Å². The maximum absolute atomic E-state index is 11.7. The van der Waals surface area contributed by atoms with Crippen molar-refractivity contribution < 1.29 is 36.5 Å². The minimum atomic E-state index is -3.92. The van der Waals surface area contributed by atoms with Crippen molar-refractivity contribution in [3.05, 3.63) is 42.7 Å². The van der Waals surface area contributed by atoms with Crippen LogP contribution in [0.2, 0.25) is 0 Å². The topological polar surface area (TPSA) is 106 Å². The molecule has 0 N–H and O–H groups in total. The molecule has 244 valence electrons. The van der Waals surface area contributed by atoms with Crippen LogP contribution in [-0.4, -0.2) is 51.8 Å². The summed E-state index contributed by atoms with van der Waals surface area (Å²) in [5, 5.41) is 0. The van der Waals surface area contributed by atoms with Gasteiger partial charge in [-0.1, -0.05) is 109 Å². The Labute approximate surface area is 257 Å². The van der Waals surface area contributed by atoms with Gasteiger partial charge >= 0.3 is 6.16 Å². The van der Waals surface area contributed by atoms with Gasteiger partial charge < -0.3 is 18.8 Å². The van der Waals surface area contributed by atoms with Gasteiger partial charge in [0.25, 0.3) is 0 Å². The molecule has 1 heterocycles. The Kier molecular flexibility index (Phi) is 27.8. The van der Waals surface area contributed by atoms with Crippen LogP contribution < -0.4 is 4.57 Å². The first-order valence-corrected chi connectivity index (χ1v) is 17.9. The molecule has 8 nitrogen and oxygen atoms in total. The van der Waals surface area contributed by atoms with E-state index >= 15 is 0 Å². The summed E-state index contributed by atoms with van der Waals surface area (Å²) in [6.07, 6.45) is 27.1. The average molecular weight is 614 g/mol. The van der Waals surface area contributed by atoms with E-state index in [0.29, 0.717) is 26.1 Å². The lowest BCUT2D eigenvalue weighted by Crippen LogP contribution is -2.32. The predicted octanol–water partition coefficient (Wildman–Crippen LogP) is 7.90. The van der Waals surface area contributed by atoms with E-state index in [4.69, 9.17) is 27.2 Å². The maximum Gasteiger partial charge on any atom is 0.508 e. The summed E-state index contributed by atoms with van der Waals surface area (Å²) < 4.78 is 45.4. The molecule has 42 heavy (non-hydrogen) atoms. The first-order valence-electron chi connectivity index (χ1n) is 16.1. The molecule has 0 aliphatic heterocycles. The van der Waals surface area contributed by atoms with Crippen molar-refractivity contribution in [1.29, 1.82) is 0 Å².